The molecule has 0 saturated carbocycles. The zero-order chi connectivity index (χ0) is 68.2. The number of ether oxygens (including phenoxy) is 6. The van der Waals surface area contributed by atoms with E-state index in [1.165, 1.54) is 6.07 Å². The van der Waals surface area contributed by atoms with E-state index in [0.29, 0.717) is 173 Å². The van der Waals surface area contributed by atoms with Gasteiger partial charge in [0.15, 0.2) is 4.90 Å². The van der Waals surface area contributed by atoms with Gasteiger partial charge in [0.1, 0.15) is 23.7 Å². The molecule has 2 fully saturated rings. The molecule has 2 aliphatic carbocycles. The molecule has 95 heavy (non-hydrogen) atoms. The molecule has 0 bridgehead atoms. The summed E-state index contributed by atoms with van der Waals surface area (Å²) in [7, 11) is 3.14. The number of nitrogens with one attached hydrogen (secondary N) is 6. The van der Waals surface area contributed by atoms with Gasteiger partial charge < -0.3 is 73.8 Å². The minimum atomic E-state index is -3.87. The highest BCUT2D eigenvalue weighted by atomic mass is 35.5. The third kappa shape index (κ3) is 21.8. The molecule has 0 spiro atoms. The highest BCUT2D eigenvalue weighted by Gasteiger charge is 2.43. The molecule has 8 rings (SSSR count). The number of carbonyl (C=O) groups is 4. The van der Waals surface area contributed by atoms with Gasteiger partial charge in [0.2, 0.25) is 10.0 Å². The van der Waals surface area contributed by atoms with E-state index in [-0.39, 0.29) is 86.7 Å². The molecule has 4 aliphatic rings. The van der Waals surface area contributed by atoms with Gasteiger partial charge in [0, 0.05) is 151 Å². The predicted molar refractivity (Wildman–Crippen MR) is 366 cm³/mol. The number of aryl methyl sites for hydroxylation is 2. The van der Waals surface area contributed by atoms with E-state index in [1.807, 2.05) is 41.0 Å². The third-order valence-corrected chi connectivity index (χ3v) is 20.4. The molecule has 1 unspecified atom stereocenters. The first kappa shape index (κ1) is 75.4. The summed E-state index contributed by atoms with van der Waals surface area (Å²) in [4.78, 5) is 61.9. The number of amides is 8. The van der Waals surface area contributed by atoms with Gasteiger partial charge in [0.05, 0.1) is 87.7 Å². The first-order valence-corrected chi connectivity index (χ1v) is 36.1. The van der Waals surface area contributed by atoms with Gasteiger partial charge in [-0.05, 0) is 116 Å². The molecule has 2 heterocycles. The number of hydrogen-bond donors (Lipinski definition) is 6. The Balaban J connectivity index is 0.595. The van der Waals surface area contributed by atoms with Gasteiger partial charge in [-0.3, -0.25) is 9.80 Å². The number of hydrogen-bond acceptors (Lipinski definition) is 16. The Kier molecular flexibility index (Phi) is 29.4. The lowest BCUT2D eigenvalue weighted by Gasteiger charge is -2.40. The van der Waals surface area contributed by atoms with E-state index < -0.39 is 27.5 Å². The molecule has 5 atom stereocenters. The molecule has 31 heteroatoms. The minimum Gasteiger partial charge on any atom is -0.593 e. The van der Waals surface area contributed by atoms with E-state index >= 15 is 0 Å². The lowest BCUT2D eigenvalue weighted by molar-refractivity contribution is 0.0437. The van der Waals surface area contributed by atoms with Gasteiger partial charge in [-0.2, -0.15) is 0 Å². The van der Waals surface area contributed by atoms with Crippen molar-refractivity contribution in [1.82, 2.24) is 60.1 Å². The second kappa shape index (κ2) is 37.0. The maximum Gasteiger partial charge on any atom is 0.319 e. The number of rotatable bonds is 33. The standard InChI is InChI=1S/C64H90Cl4N12O13S2/c1-43-35-47(9-11-57(43)92-59-51-37-45(65)39-53(67)49(51)41-55(59)77-19-23-79(24-20-77)63(83)75(3)4)94(85)73-17-29-90-33-31-88-27-15-71-61(81)69-13-7-8-14-70-62(82)72-16-28-89-32-34-91-30-18-74-95(86,87)48-10-12-58(44(2)36-48)93-60-52-38-46(66)40-54(68)50(52)42-56(60)78-21-25-80(26-22-78)64(84)76(5)6/h9-12,35-40,55-56,59-60,73-74H,7-8,13-34,41-42H2,1-6H3,(H2,69,71,81)(H2,70,72,82)/t55-,56-,59-,60-,94?/m0/s1. The second-order valence-corrected chi connectivity index (χ2v) is 28.6. The summed E-state index contributed by atoms with van der Waals surface area (Å²) in [6, 6.07) is 16.7. The quantitative estimate of drug-likeness (QED) is 0.0215. The molecule has 4 aromatic rings. The number of carbonyl (C=O) groups excluding carboxylic acids is 4. The monoisotopic (exact) mass is 1440 g/mol. The van der Waals surface area contributed by atoms with Gasteiger partial charge in [0.25, 0.3) is 0 Å². The summed E-state index contributed by atoms with van der Waals surface area (Å²) in [5, 5.41) is 13.2. The molecule has 0 aromatic heterocycles. The van der Waals surface area contributed by atoms with Crippen LogP contribution in [0.3, 0.4) is 0 Å². The van der Waals surface area contributed by atoms with Gasteiger partial charge in [-0.1, -0.05) is 46.4 Å². The molecular weight excluding hydrogens is 1350 g/mol. The summed E-state index contributed by atoms with van der Waals surface area (Å²) in [5.41, 5.74) is 5.25. The van der Waals surface area contributed by atoms with Crippen LogP contribution in [0.2, 0.25) is 20.1 Å². The number of urea groups is 4. The van der Waals surface area contributed by atoms with Gasteiger partial charge in [-0.25, -0.2) is 32.3 Å². The topological polar surface area (TPSA) is 272 Å². The van der Waals surface area contributed by atoms with Crippen molar-refractivity contribution in [3.05, 3.63) is 114 Å². The molecule has 2 saturated heterocycles. The molecule has 524 valence electrons. The van der Waals surface area contributed by atoms with Crippen molar-refractivity contribution in [2.24, 2.45) is 0 Å². The van der Waals surface area contributed by atoms with Crippen molar-refractivity contribution in [2.75, 3.05) is 173 Å². The Morgan fingerprint density at radius 1 is 0.537 bits per heavy atom. The number of nitrogens with zero attached hydrogens (tertiary/aromatic N) is 6. The summed E-state index contributed by atoms with van der Waals surface area (Å²) in [6.45, 7) is 12.7. The van der Waals surface area contributed by atoms with Crippen molar-refractivity contribution in [3.63, 3.8) is 0 Å². The molecule has 25 nitrogen and oxygen atoms in total. The SMILES string of the molecule is Cc1cc([S+]([O-])NCCOCCOCCNC(=O)NCCCCNC(=O)NCCOCCOCCNS(=O)(=O)c2ccc(O[C@H]3c4cc(Cl)cc(Cl)c4C[C@@H]3N3CCN(C(=O)N(C)C)CC3)c(C)c2)ccc1O[C@H]1c2cc(Cl)cc(Cl)c2C[C@@H]1N1CCN(C(=O)N(C)C)CC1. The van der Waals surface area contributed by atoms with Crippen LogP contribution in [0, 0.1) is 13.8 Å². The lowest BCUT2D eigenvalue weighted by atomic mass is 10.1. The fourth-order valence-corrected chi connectivity index (χ4v) is 15.0. The van der Waals surface area contributed by atoms with Crippen LogP contribution in [0.15, 0.2) is 70.5 Å². The number of sulfonamides is 1. The fourth-order valence-electron chi connectivity index (χ4n) is 11.8. The van der Waals surface area contributed by atoms with Crippen molar-refractivity contribution in [2.45, 2.75) is 73.6 Å². The third-order valence-electron chi connectivity index (χ3n) is 16.7. The van der Waals surface area contributed by atoms with Crippen LogP contribution in [0.5, 0.6) is 11.5 Å². The van der Waals surface area contributed by atoms with Crippen LogP contribution in [0.4, 0.5) is 19.2 Å². The first-order chi connectivity index (χ1) is 45.6. The van der Waals surface area contributed by atoms with Gasteiger partial charge >= 0.3 is 24.1 Å². The number of fused-ring (bicyclic) bond motifs is 2. The van der Waals surface area contributed by atoms with Crippen LogP contribution < -0.4 is 40.2 Å². The van der Waals surface area contributed by atoms with E-state index in [2.05, 4.69) is 40.5 Å². The van der Waals surface area contributed by atoms with Crippen LogP contribution in [-0.4, -0.2) is 251 Å². The number of benzene rings is 4. The van der Waals surface area contributed by atoms with Crippen LogP contribution in [0.1, 0.15) is 58.4 Å². The molecular formula is C64H90Cl4N12O13S2. The van der Waals surface area contributed by atoms with E-state index in [9.17, 15) is 32.1 Å². The average Bonchev–Trinajstić information content (AvgIpc) is 1.64. The minimum absolute atomic E-state index is 0.00306. The first-order valence-electron chi connectivity index (χ1n) is 32.0. The predicted octanol–water partition coefficient (Wildman–Crippen LogP) is 6.64. The number of piperazine rings is 2. The fraction of sp³-hybridized carbons (Fsp3) is 0.562. The molecule has 8 amide bonds. The Morgan fingerprint density at radius 3 is 1.38 bits per heavy atom. The smallest absolute Gasteiger partial charge is 0.319 e. The van der Waals surface area contributed by atoms with Crippen molar-refractivity contribution in [1.29, 1.82) is 0 Å². The van der Waals surface area contributed by atoms with Crippen LogP contribution in [0.25, 0.3) is 0 Å². The van der Waals surface area contributed by atoms with E-state index in [4.69, 9.17) is 74.8 Å². The average molecular weight is 1440 g/mol. The normalized spacial score (nSPS) is 18.4. The Hall–Kier alpha value is -5.34. The molecule has 0 radical (unpaired) electrons. The number of halogens is 4. The Bertz CT molecular complexity index is 3330. The zero-order valence-corrected chi connectivity index (χ0v) is 59.4. The van der Waals surface area contributed by atoms with Crippen molar-refractivity contribution in [3.8, 4) is 11.5 Å². The Morgan fingerprint density at radius 2 is 0.947 bits per heavy atom. The second-order valence-electron chi connectivity index (χ2n) is 23.9. The summed E-state index contributed by atoms with van der Waals surface area (Å²) < 4.78 is 81.1. The number of unbranched alkanes of at least 4 members (excludes halogenated alkanes) is 1. The van der Waals surface area contributed by atoms with Crippen LogP contribution >= 0.6 is 46.4 Å². The summed E-state index contributed by atoms with van der Waals surface area (Å²) >= 11 is 24.9. The van der Waals surface area contributed by atoms with E-state index in [0.717, 1.165) is 27.8 Å². The van der Waals surface area contributed by atoms with Crippen molar-refractivity contribution >= 4 is 91.9 Å². The lowest BCUT2D eigenvalue weighted by Crippen LogP contribution is -2.55. The molecule has 6 N–H and O–H groups in total. The van der Waals surface area contributed by atoms with E-state index in [1.54, 1.807) is 75.2 Å². The van der Waals surface area contributed by atoms with Crippen molar-refractivity contribution < 1.29 is 60.6 Å². The Labute approximate surface area is 581 Å². The summed E-state index contributed by atoms with van der Waals surface area (Å²) in [6.07, 6.45) is 1.83. The highest BCUT2D eigenvalue weighted by Crippen LogP contribution is 2.45. The zero-order valence-electron chi connectivity index (χ0n) is 54.8. The largest absolute Gasteiger partial charge is 0.593 e. The molecule has 4 aromatic carbocycles. The van der Waals surface area contributed by atoms with Gasteiger partial charge in [-0.15, -0.1) is 4.72 Å². The summed E-state index contributed by atoms with van der Waals surface area (Å²) in [5.74, 6) is 1.19. The molecule has 2 aliphatic heterocycles. The van der Waals surface area contributed by atoms with Crippen LogP contribution in [-0.2, 0) is 53.2 Å². The highest BCUT2D eigenvalue weighted by molar-refractivity contribution is 7.89. The maximum absolute atomic E-state index is 13.3. The maximum atomic E-state index is 13.3.